The number of hydrogen-bond donors (Lipinski definition) is 1. The average Bonchev–Trinajstić information content (AvgIpc) is 2.66. The van der Waals surface area contributed by atoms with Crippen molar-refractivity contribution in [3.63, 3.8) is 0 Å². The molecule has 0 saturated heterocycles. The largest absolute Gasteiger partial charge is 0.352 e. The molecule has 0 radical (unpaired) electrons. The molecule has 2 aromatic carbocycles. The van der Waals surface area contributed by atoms with Crippen molar-refractivity contribution in [3.05, 3.63) is 66.2 Å². The van der Waals surface area contributed by atoms with Crippen molar-refractivity contribution < 1.29 is 13.2 Å². The molecule has 26 heavy (non-hydrogen) atoms. The first-order chi connectivity index (χ1) is 12.4. The van der Waals surface area contributed by atoms with Crippen molar-refractivity contribution in [2.75, 3.05) is 13.1 Å². The fourth-order valence-electron chi connectivity index (χ4n) is 2.69. The summed E-state index contributed by atoms with van der Waals surface area (Å²) in [6.07, 6.45) is 1.66. The Balaban J connectivity index is 1.90. The van der Waals surface area contributed by atoms with Crippen LogP contribution in [0.15, 0.2) is 65.6 Å². The molecule has 0 aromatic heterocycles. The monoisotopic (exact) mass is 374 g/mol. The van der Waals surface area contributed by atoms with Gasteiger partial charge in [-0.2, -0.15) is 4.31 Å². The summed E-state index contributed by atoms with van der Waals surface area (Å²) in [5, 5.41) is 2.89. The van der Waals surface area contributed by atoms with Gasteiger partial charge < -0.3 is 5.32 Å². The highest BCUT2D eigenvalue weighted by atomic mass is 32.2. The van der Waals surface area contributed by atoms with Gasteiger partial charge in [-0.3, -0.25) is 4.79 Å². The maximum Gasteiger partial charge on any atom is 0.243 e. The van der Waals surface area contributed by atoms with Crippen LogP contribution in [-0.2, 0) is 21.2 Å². The molecule has 1 amide bonds. The zero-order valence-electron chi connectivity index (χ0n) is 15.3. The van der Waals surface area contributed by atoms with E-state index in [0.717, 1.165) is 12.8 Å². The molecule has 0 aliphatic rings. The summed E-state index contributed by atoms with van der Waals surface area (Å²) in [4.78, 5) is 12.5. The number of carbonyl (C=O) groups is 1. The molecule has 1 atom stereocenters. The molecule has 0 heterocycles. The van der Waals surface area contributed by atoms with Gasteiger partial charge in [-0.15, -0.1) is 0 Å². The fraction of sp³-hybridized carbons (Fsp3) is 0.350. The number of aryl methyl sites for hydroxylation is 1. The summed E-state index contributed by atoms with van der Waals surface area (Å²) >= 11 is 0. The third kappa shape index (κ3) is 5.68. The molecule has 0 saturated carbocycles. The molecule has 2 aromatic rings. The van der Waals surface area contributed by atoms with Crippen LogP contribution in [0.1, 0.15) is 25.8 Å². The Morgan fingerprint density at radius 2 is 1.62 bits per heavy atom. The molecule has 0 spiro atoms. The molecule has 6 heteroatoms. The van der Waals surface area contributed by atoms with E-state index in [4.69, 9.17) is 0 Å². The van der Waals surface area contributed by atoms with E-state index in [2.05, 4.69) is 17.4 Å². The number of hydrogen-bond acceptors (Lipinski definition) is 3. The molecular weight excluding hydrogens is 348 g/mol. The minimum atomic E-state index is -3.66. The Hall–Kier alpha value is -2.18. The van der Waals surface area contributed by atoms with Gasteiger partial charge >= 0.3 is 0 Å². The predicted octanol–water partition coefficient (Wildman–Crippen LogP) is 2.83. The van der Waals surface area contributed by atoms with Crippen LogP contribution in [0, 0.1) is 0 Å². The average molecular weight is 375 g/mol. The van der Waals surface area contributed by atoms with E-state index in [-0.39, 0.29) is 29.9 Å². The highest BCUT2D eigenvalue weighted by Gasteiger charge is 2.25. The molecule has 5 nitrogen and oxygen atoms in total. The second-order valence-corrected chi connectivity index (χ2v) is 8.18. The Morgan fingerprint density at radius 3 is 2.19 bits per heavy atom. The van der Waals surface area contributed by atoms with Gasteiger partial charge in [0, 0.05) is 12.6 Å². The van der Waals surface area contributed by atoms with Gasteiger partial charge in [0.05, 0.1) is 11.4 Å². The predicted molar refractivity (Wildman–Crippen MR) is 103 cm³/mol. The number of sulfonamides is 1. The van der Waals surface area contributed by atoms with E-state index in [9.17, 15) is 13.2 Å². The summed E-state index contributed by atoms with van der Waals surface area (Å²) < 4.78 is 26.5. The molecule has 0 aliphatic heterocycles. The lowest BCUT2D eigenvalue weighted by Gasteiger charge is -2.21. The first kappa shape index (κ1) is 20.1. The van der Waals surface area contributed by atoms with Gasteiger partial charge in [-0.1, -0.05) is 55.5 Å². The van der Waals surface area contributed by atoms with Crippen molar-refractivity contribution in [1.29, 1.82) is 0 Å². The summed E-state index contributed by atoms with van der Waals surface area (Å²) in [5.74, 6) is -0.285. The van der Waals surface area contributed by atoms with Crippen molar-refractivity contribution in [3.8, 4) is 0 Å². The number of rotatable bonds is 9. The highest BCUT2D eigenvalue weighted by Crippen LogP contribution is 2.14. The standard InChI is InChI=1S/C20H26N2O3S/c1-3-22(26(24,25)19-12-8-5-9-13-19)16-20(23)21-17(2)14-15-18-10-6-4-7-11-18/h4-13,17H,3,14-16H2,1-2H3,(H,21,23)/t17-/m0/s1. The first-order valence-corrected chi connectivity index (χ1v) is 10.3. The van der Waals surface area contributed by atoms with Crippen LogP contribution in [0.2, 0.25) is 0 Å². The van der Waals surface area contributed by atoms with Gasteiger partial charge in [0.1, 0.15) is 0 Å². The lowest BCUT2D eigenvalue weighted by molar-refractivity contribution is -0.121. The summed E-state index contributed by atoms with van der Waals surface area (Å²) in [6, 6.07) is 18.2. The topological polar surface area (TPSA) is 66.5 Å². The van der Waals surface area contributed by atoms with Crippen molar-refractivity contribution in [1.82, 2.24) is 9.62 Å². The van der Waals surface area contributed by atoms with Crippen LogP contribution in [0.25, 0.3) is 0 Å². The summed E-state index contributed by atoms with van der Waals surface area (Å²) in [5.41, 5.74) is 1.22. The van der Waals surface area contributed by atoms with Crippen LogP contribution >= 0.6 is 0 Å². The van der Waals surface area contributed by atoms with Gasteiger partial charge in [-0.05, 0) is 37.5 Å². The summed E-state index contributed by atoms with van der Waals surface area (Å²) in [6.45, 7) is 3.72. The minimum absolute atomic E-state index is 0.0270. The van der Waals surface area contributed by atoms with Crippen molar-refractivity contribution in [2.24, 2.45) is 0 Å². The number of carbonyl (C=O) groups excluding carboxylic acids is 1. The second-order valence-electron chi connectivity index (χ2n) is 6.24. The second kappa shape index (κ2) is 9.50. The van der Waals surface area contributed by atoms with E-state index in [0.29, 0.717) is 0 Å². The number of nitrogens with one attached hydrogen (secondary N) is 1. The number of benzene rings is 2. The normalized spacial score (nSPS) is 12.7. The third-order valence-corrected chi connectivity index (χ3v) is 6.10. The fourth-order valence-corrected chi connectivity index (χ4v) is 4.12. The van der Waals surface area contributed by atoms with E-state index in [1.165, 1.54) is 9.87 Å². The number of nitrogens with zero attached hydrogens (tertiary/aromatic N) is 1. The van der Waals surface area contributed by atoms with Crippen molar-refractivity contribution in [2.45, 2.75) is 37.6 Å². The van der Waals surface area contributed by atoms with Crippen LogP contribution in [0.3, 0.4) is 0 Å². The molecule has 1 N–H and O–H groups in total. The number of likely N-dealkylation sites (N-methyl/N-ethyl adjacent to an activating group) is 1. The quantitative estimate of drug-likeness (QED) is 0.734. The molecule has 2 rings (SSSR count). The van der Waals surface area contributed by atoms with Gasteiger partial charge in [0.2, 0.25) is 15.9 Å². The number of amides is 1. The molecule has 0 fully saturated rings. The zero-order chi connectivity index (χ0) is 19.0. The third-order valence-electron chi connectivity index (χ3n) is 4.17. The summed E-state index contributed by atoms with van der Waals surface area (Å²) in [7, 11) is -3.66. The van der Waals surface area contributed by atoms with Crippen LogP contribution in [0.4, 0.5) is 0 Å². The Morgan fingerprint density at radius 1 is 1.04 bits per heavy atom. The van der Waals surface area contributed by atoms with E-state index >= 15 is 0 Å². The minimum Gasteiger partial charge on any atom is -0.352 e. The van der Waals surface area contributed by atoms with E-state index in [1.807, 2.05) is 25.1 Å². The smallest absolute Gasteiger partial charge is 0.243 e. The Labute approximate surface area is 156 Å². The molecule has 140 valence electrons. The van der Waals surface area contributed by atoms with E-state index in [1.54, 1.807) is 37.3 Å². The van der Waals surface area contributed by atoms with Crippen LogP contribution in [0.5, 0.6) is 0 Å². The highest BCUT2D eigenvalue weighted by molar-refractivity contribution is 7.89. The van der Waals surface area contributed by atoms with Gasteiger partial charge in [0.25, 0.3) is 0 Å². The maximum atomic E-state index is 12.6. The Bertz CT molecular complexity index is 792. The zero-order valence-corrected chi connectivity index (χ0v) is 16.1. The lowest BCUT2D eigenvalue weighted by Crippen LogP contribution is -2.43. The van der Waals surface area contributed by atoms with E-state index < -0.39 is 10.0 Å². The van der Waals surface area contributed by atoms with Crippen LogP contribution in [-0.4, -0.2) is 37.8 Å². The molecule has 0 unspecified atom stereocenters. The molecular formula is C20H26N2O3S. The van der Waals surface area contributed by atoms with Gasteiger partial charge in [0.15, 0.2) is 0 Å². The molecule has 0 bridgehead atoms. The van der Waals surface area contributed by atoms with Crippen molar-refractivity contribution >= 4 is 15.9 Å². The first-order valence-electron chi connectivity index (χ1n) is 8.82. The van der Waals surface area contributed by atoms with Gasteiger partial charge in [-0.25, -0.2) is 8.42 Å². The lowest BCUT2D eigenvalue weighted by atomic mass is 10.1. The SMILES string of the molecule is CCN(CC(=O)N[C@@H](C)CCc1ccccc1)S(=O)(=O)c1ccccc1. The molecule has 0 aliphatic carbocycles. The maximum absolute atomic E-state index is 12.6. The van der Waals surface area contributed by atoms with Crippen LogP contribution < -0.4 is 5.32 Å². The Kier molecular flexibility index (Phi) is 7.36.